The second kappa shape index (κ2) is 4.77. The zero-order valence-corrected chi connectivity index (χ0v) is 9.09. The highest BCUT2D eigenvalue weighted by molar-refractivity contribution is 5.85. The van der Waals surface area contributed by atoms with Crippen LogP contribution in [0, 0.1) is 5.41 Å². The highest BCUT2D eigenvalue weighted by atomic mass is 16.4. The van der Waals surface area contributed by atoms with Gasteiger partial charge in [-0.05, 0) is 12.8 Å². The lowest BCUT2D eigenvalue weighted by molar-refractivity contribution is 0.303. The molecule has 1 heterocycles. The number of aromatic nitrogens is 3. The standard InChI is InChI=1S/C9H17N5O/c1-9(2,8(10)13-15)4-3-5-14-7-11-6-12-14/h6-7,15H,3-5H2,1-2H3,(H2,10,13). The van der Waals surface area contributed by atoms with Crippen LogP contribution in [0.2, 0.25) is 0 Å². The summed E-state index contributed by atoms with van der Waals surface area (Å²) < 4.78 is 1.77. The molecule has 0 spiro atoms. The van der Waals surface area contributed by atoms with Crippen molar-refractivity contribution in [3.05, 3.63) is 12.7 Å². The minimum atomic E-state index is -0.282. The number of hydrogen-bond acceptors (Lipinski definition) is 4. The first-order valence-electron chi connectivity index (χ1n) is 4.86. The van der Waals surface area contributed by atoms with Crippen LogP contribution in [0.5, 0.6) is 0 Å². The molecule has 6 heteroatoms. The highest BCUT2D eigenvalue weighted by Gasteiger charge is 2.22. The van der Waals surface area contributed by atoms with Crippen molar-refractivity contribution >= 4 is 5.84 Å². The Balaban J connectivity index is 2.37. The van der Waals surface area contributed by atoms with Gasteiger partial charge in [0.2, 0.25) is 0 Å². The number of nitrogens with zero attached hydrogens (tertiary/aromatic N) is 4. The van der Waals surface area contributed by atoms with Crippen molar-refractivity contribution in [3.63, 3.8) is 0 Å². The van der Waals surface area contributed by atoms with Crippen LogP contribution in [0.15, 0.2) is 17.8 Å². The summed E-state index contributed by atoms with van der Waals surface area (Å²) in [4.78, 5) is 3.85. The van der Waals surface area contributed by atoms with Crippen LogP contribution in [0.3, 0.4) is 0 Å². The van der Waals surface area contributed by atoms with E-state index in [2.05, 4.69) is 15.2 Å². The first-order valence-corrected chi connectivity index (χ1v) is 4.86. The fourth-order valence-corrected chi connectivity index (χ4v) is 1.29. The summed E-state index contributed by atoms with van der Waals surface area (Å²) in [5, 5.41) is 15.6. The van der Waals surface area contributed by atoms with Crippen LogP contribution in [0.4, 0.5) is 0 Å². The molecule has 0 bridgehead atoms. The first kappa shape index (κ1) is 11.5. The van der Waals surface area contributed by atoms with E-state index in [1.807, 2.05) is 13.8 Å². The van der Waals surface area contributed by atoms with Gasteiger partial charge in [-0.25, -0.2) is 4.98 Å². The molecule has 1 aromatic rings. The molecule has 0 radical (unpaired) electrons. The van der Waals surface area contributed by atoms with E-state index in [1.165, 1.54) is 6.33 Å². The summed E-state index contributed by atoms with van der Waals surface area (Å²) in [6, 6.07) is 0. The lowest BCUT2D eigenvalue weighted by atomic mass is 9.86. The molecule has 0 saturated heterocycles. The second-order valence-corrected chi connectivity index (χ2v) is 4.13. The molecule has 0 amide bonds. The Morgan fingerprint density at radius 3 is 2.87 bits per heavy atom. The van der Waals surface area contributed by atoms with E-state index in [-0.39, 0.29) is 11.3 Å². The third kappa shape index (κ3) is 3.23. The van der Waals surface area contributed by atoms with E-state index >= 15 is 0 Å². The fraction of sp³-hybridized carbons (Fsp3) is 0.667. The Labute approximate surface area is 88.8 Å². The number of aryl methyl sites for hydroxylation is 1. The van der Waals surface area contributed by atoms with Gasteiger partial charge < -0.3 is 10.9 Å². The van der Waals surface area contributed by atoms with Gasteiger partial charge in [-0.3, -0.25) is 4.68 Å². The van der Waals surface area contributed by atoms with Gasteiger partial charge in [0.1, 0.15) is 18.5 Å². The molecular formula is C9H17N5O. The van der Waals surface area contributed by atoms with Gasteiger partial charge in [-0.1, -0.05) is 19.0 Å². The maximum absolute atomic E-state index is 8.59. The molecule has 1 aromatic heterocycles. The molecule has 6 nitrogen and oxygen atoms in total. The molecule has 0 aromatic carbocycles. The Morgan fingerprint density at radius 1 is 1.60 bits per heavy atom. The molecule has 1 rings (SSSR count). The number of rotatable bonds is 5. The van der Waals surface area contributed by atoms with Gasteiger partial charge in [0, 0.05) is 12.0 Å². The van der Waals surface area contributed by atoms with Crippen molar-refractivity contribution in [1.82, 2.24) is 14.8 Å². The molecule has 84 valence electrons. The van der Waals surface area contributed by atoms with Gasteiger partial charge in [0.05, 0.1) is 0 Å². The Morgan fingerprint density at radius 2 is 2.33 bits per heavy atom. The molecular weight excluding hydrogens is 194 g/mol. The smallest absolute Gasteiger partial charge is 0.144 e. The van der Waals surface area contributed by atoms with Crippen molar-refractivity contribution in [2.75, 3.05) is 0 Å². The third-order valence-corrected chi connectivity index (χ3v) is 2.46. The predicted octanol–water partition coefficient (Wildman–Crippen LogP) is 0.831. The molecule has 0 aliphatic heterocycles. The Kier molecular flexibility index (Phi) is 3.65. The van der Waals surface area contributed by atoms with Crippen molar-refractivity contribution in [2.45, 2.75) is 33.2 Å². The Hall–Kier alpha value is -1.59. The quantitative estimate of drug-likeness (QED) is 0.327. The van der Waals surface area contributed by atoms with Crippen LogP contribution in [-0.2, 0) is 6.54 Å². The van der Waals surface area contributed by atoms with Crippen molar-refractivity contribution < 1.29 is 5.21 Å². The number of oxime groups is 1. The maximum Gasteiger partial charge on any atom is 0.144 e. The van der Waals surface area contributed by atoms with Crippen molar-refractivity contribution in [3.8, 4) is 0 Å². The van der Waals surface area contributed by atoms with Crippen molar-refractivity contribution in [1.29, 1.82) is 0 Å². The molecule has 0 fully saturated rings. The van der Waals surface area contributed by atoms with E-state index in [1.54, 1.807) is 11.0 Å². The summed E-state index contributed by atoms with van der Waals surface area (Å²) in [6.45, 7) is 4.69. The average molecular weight is 211 g/mol. The van der Waals surface area contributed by atoms with Crippen LogP contribution in [0.25, 0.3) is 0 Å². The third-order valence-electron chi connectivity index (χ3n) is 2.46. The number of nitrogens with two attached hydrogens (primary N) is 1. The highest BCUT2D eigenvalue weighted by Crippen LogP contribution is 2.22. The molecule has 0 unspecified atom stereocenters. The fourth-order valence-electron chi connectivity index (χ4n) is 1.29. The lowest BCUT2D eigenvalue weighted by Crippen LogP contribution is -2.32. The molecule has 3 N–H and O–H groups in total. The molecule has 0 aliphatic carbocycles. The summed E-state index contributed by atoms with van der Waals surface area (Å²) in [6.07, 6.45) is 4.93. The summed E-state index contributed by atoms with van der Waals surface area (Å²) in [5.74, 6) is 0.265. The first-order chi connectivity index (χ1) is 7.06. The maximum atomic E-state index is 8.59. The van der Waals surface area contributed by atoms with Gasteiger partial charge in [0.15, 0.2) is 0 Å². The summed E-state index contributed by atoms with van der Waals surface area (Å²) in [7, 11) is 0. The van der Waals surface area contributed by atoms with Crippen LogP contribution in [-0.4, -0.2) is 25.8 Å². The van der Waals surface area contributed by atoms with Gasteiger partial charge >= 0.3 is 0 Å². The van der Waals surface area contributed by atoms with Crippen LogP contribution in [0.1, 0.15) is 26.7 Å². The Bertz CT molecular complexity index is 317. The molecule has 15 heavy (non-hydrogen) atoms. The second-order valence-electron chi connectivity index (χ2n) is 4.13. The van der Waals surface area contributed by atoms with E-state index in [9.17, 15) is 0 Å². The van der Waals surface area contributed by atoms with E-state index in [0.717, 1.165) is 19.4 Å². The summed E-state index contributed by atoms with van der Waals surface area (Å²) in [5.41, 5.74) is 5.29. The topological polar surface area (TPSA) is 89.3 Å². The van der Waals surface area contributed by atoms with E-state index in [4.69, 9.17) is 10.9 Å². The zero-order valence-electron chi connectivity index (χ0n) is 9.09. The predicted molar refractivity (Wildman–Crippen MR) is 56.4 cm³/mol. The van der Waals surface area contributed by atoms with E-state index < -0.39 is 0 Å². The van der Waals surface area contributed by atoms with Crippen LogP contribution < -0.4 is 5.73 Å². The minimum Gasteiger partial charge on any atom is -0.409 e. The van der Waals surface area contributed by atoms with Crippen LogP contribution >= 0.6 is 0 Å². The number of hydrogen-bond donors (Lipinski definition) is 2. The molecule has 0 aliphatic rings. The van der Waals surface area contributed by atoms with E-state index in [0.29, 0.717) is 0 Å². The SMILES string of the molecule is CC(C)(CCCn1cncn1)C(N)=NO. The monoisotopic (exact) mass is 211 g/mol. The van der Waals surface area contributed by atoms with Crippen molar-refractivity contribution in [2.24, 2.45) is 16.3 Å². The molecule has 0 saturated carbocycles. The van der Waals surface area contributed by atoms with Gasteiger partial charge in [0.25, 0.3) is 0 Å². The molecule has 0 atom stereocenters. The summed E-state index contributed by atoms with van der Waals surface area (Å²) >= 11 is 0. The largest absolute Gasteiger partial charge is 0.409 e. The lowest BCUT2D eigenvalue weighted by Gasteiger charge is -2.22. The minimum absolute atomic E-state index is 0.265. The van der Waals surface area contributed by atoms with Gasteiger partial charge in [-0.2, -0.15) is 5.10 Å². The average Bonchev–Trinajstić information content (AvgIpc) is 2.69. The number of amidine groups is 1. The zero-order chi connectivity index (χ0) is 11.3. The normalized spacial score (nSPS) is 13.1. The van der Waals surface area contributed by atoms with Gasteiger partial charge in [-0.15, -0.1) is 0 Å².